The lowest BCUT2D eigenvalue weighted by molar-refractivity contribution is -0.114. The smallest absolute Gasteiger partial charge is 0.221 e. The molecule has 0 atom stereocenters. The Hall–Kier alpha value is -2.09. The lowest BCUT2D eigenvalue weighted by Gasteiger charge is -2.27. The molecule has 29 heavy (non-hydrogen) atoms. The molecule has 0 heterocycles. The van der Waals surface area contributed by atoms with Gasteiger partial charge in [-0.25, -0.2) is 0 Å². The molecule has 1 amide bonds. The van der Waals surface area contributed by atoms with Crippen LogP contribution >= 0.6 is 24.0 Å². The zero-order valence-corrected chi connectivity index (χ0v) is 20.3. The number of aryl methyl sites for hydroxylation is 1. The van der Waals surface area contributed by atoms with Crippen molar-refractivity contribution in [1.29, 1.82) is 0 Å². The van der Waals surface area contributed by atoms with Gasteiger partial charge in [0.15, 0.2) is 5.96 Å². The Balaban J connectivity index is 0.00000420. The molecule has 2 rings (SSSR count). The number of amides is 1. The predicted octanol–water partition coefficient (Wildman–Crippen LogP) is 4.47. The van der Waals surface area contributed by atoms with Crippen LogP contribution in [0, 0.1) is 0 Å². The van der Waals surface area contributed by atoms with Gasteiger partial charge in [-0.05, 0) is 35.2 Å². The monoisotopic (exact) mass is 508 g/mol. The van der Waals surface area contributed by atoms with E-state index in [0.717, 1.165) is 30.2 Å². The Morgan fingerprint density at radius 1 is 1.03 bits per heavy atom. The topological polar surface area (TPSA) is 65.5 Å². The van der Waals surface area contributed by atoms with Crippen molar-refractivity contribution in [1.82, 2.24) is 10.6 Å². The van der Waals surface area contributed by atoms with Gasteiger partial charge >= 0.3 is 0 Å². The van der Waals surface area contributed by atoms with Crippen molar-refractivity contribution in [3.63, 3.8) is 0 Å². The van der Waals surface area contributed by atoms with Gasteiger partial charge in [0.25, 0.3) is 0 Å². The molecule has 0 saturated carbocycles. The van der Waals surface area contributed by atoms with Crippen LogP contribution in [0.1, 0.15) is 44.4 Å². The summed E-state index contributed by atoms with van der Waals surface area (Å²) in [5, 5.41) is 9.56. The average molecular weight is 508 g/mol. The van der Waals surface area contributed by atoms with Gasteiger partial charge in [0.2, 0.25) is 5.91 Å². The van der Waals surface area contributed by atoms with Crippen LogP contribution in [0.25, 0.3) is 0 Å². The molecule has 2 aromatic carbocycles. The van der Waals surface area contributed by atoms with E-state index in [0.29, 0.717) is 6.54 Å². The molecule has 6 heteroatoms. The zero-order chi connectivity index (χ0) is 20.6. The minimum Gasteiger partial charge on any atom is -0.356 e. The van der Waals surface area contributed by atoms with E-state index in [1.165, 1.54) is 18.1 Å². The van der Waals surface area contributed by atoms with Crippen LogP contribution in [0.4, 0.5) is 5.69 Å². The van der Waals surface area contributed by atoms with Crippen molar-refractivity contribution in [2.24, 2.45) is 4.99 Å². The molecule has 0 spiro atoms. The van der Waals surface area contributed by atoms with Crippen LogP contribution in [0.2, 0.25) is 0 Å². The Bertz CT molecular complexity index is 816. The summed E-state index contributed by atoms with van der Waals surface area (Å²) in [5.74, 6) is 0.681. The van der Waals surface area contributed by atoms with Gasteiger partial charge in [0.05, 0.1) is 0 Å². The number of nitrogens with zero attached hydrogens (tertiary/aromatic N) is 1. The molecule has 0 bridgehead atoms. The molecule has 0 aliphatic carbocycles. The molecule has 0 unspecified atom stereocenters. The highest BCUT2D eigenvalue weighted by Crippen LogP contribution is 2.22. The van der Waals surface area contributed by atoms with Gasteiger partial charge in [-0.3, -0.25) is 9.79 Å². The number of rotatable bonds is 7. The van der Waals surface area contributed by atoms with Crippen molar-refractivity contribution < 1.29 is 4.79 Å². The standard InChI is InChI=1S/C23H32N4O.HI/c1-6-18-10-12-20(13-11-18)23(3,4)16-26-22(24-5)25-15-19-8-7-9-21(14-19)27-17(2)28;/h7-14H,6,15-16H2,1-5H3,(H,27,28)(H2,24,25,26);1H. The summed E-state index contributed by atoms with van der Waals surface area (Å²) in [6, 6.07) is 16.6. The fraction of sp³-hybridized carbons (Fsp3) is 0.391. The largest absolute Gasteiger partial charge is 0.356 e. The molecule has 0 aromatic heterocycles. The number of guanidine groups is 1. The summed E-state index contributed by atoms with van der Waals surface area (Å²) >= 11 is 0. The van der Waals surface area contributed by atoms with Crippen LogP contribution in [0.3, 0.4) is 0 Å². The van der Waals surface area contributed by atoms with E-state index in [9.17, 15) is 4.79 Å². The van der Waals surface area contributed by atoms with Crippen LogP contribution in [0.5, 0.6) is 0 Å². The van der Waals surface area contributed by atoms with E-state index in [1.54, 1.807) is 7.05 Å². The van der Waals surface area contributed by atoms with Crippen LogP contribution in [-0.2, 0) is 23.2 Å². The number of halogens is 1. The first kappa shape index (κ1) is 24.9. The van der Waals surface area contributed by atoms with E-state index < -0.39 is 0 Å². The third-order valence-corrected chi connectivity index (χ3v) is 4.77. The Morgan fingerprint density at radius 3 is 2.31 bits per heavy atom. The maximum Gasteiger partial charge on any atom is 0.221 e. The summed E-state index contributed by atoms with van der Waals surface area (Å²) in [6.45, 7) is 9.52. The molecule has 0 radical (unpaired) electrons. The number of aliphatic imine (C=N–C) groups is 1. The van der Waals surface area contributed by atoms with Gasteiger partial charge in [-0.15, -0.1) is 24.0 Å². The van der Waals surface area contributed by atoms with Crippen LogP contribution in [-0.4, -0.2) is 25.5 Å². The maximum absolute atomic E-state index is 11.2. The molecule has 0 fully saturated rings. The first-order valence-corrected chi connectivity index (χ1v) is 9.74. The van der Waals surface area contributed by atoms with E-state index in [1.807, 2.05) is 24.3 Å². The third-order valence-electron chi connectivity index (χ3n) is 4.77. The second kappa shape index (κ2) is 11.8. The highest BCUT2D eigenvalue weighted by molar-refractivity contribution is 14.0. The fourth-order valence-corrected chi connectivity index (χ4v) is 2.97. The normalized spacial score (nSPS) is 11.4. The summed E-state index contributed by atoms with van der Waals surface area (Å²) in [5.41, 5.74) is 4.51. The Labute approximate surface area is 191 Å². The van der Waals surface area contributed by atoms with E-state index in [2.05, 4.69) is 66.0 Å². The summed E-state index contributed by atoms with van der Waals surface area (Å²) in [6.07, 6.45) is 1.05. The highest BCUT2D eigenvalue weighted by Gasteiger charge is 2.20. The van der Waals surface area contributed by atoms with Gasteiger partial charge < -0.3 is 16.0 Å². The average Bonchev–Trinajstić information content (AvgIpc) is 2.68. The SMILES string of the molecule is CCc1ccc(C(C)(C)CNC(=NC)NCc2cccc(NC(C)=O)c2)cc1.I. The van der Waals surface area contributed by atoms with E-state index in [4.69, 9.17) is 0 Å². The van der Waals surface area contributed by atoms with E-state index in [-0.39, 0.29) is 35.3 Å². The van der Waals surface area contributed by atoms with Gasteiger partial charge in [0, 0.05) is 38.2 Å². The molecule has 3 N–H and O–H groups in total. The van der Waals surface area contributed by atoms with Crippen molar-refractivity contribution in [3.8, 4) is 0 Å². The predicted molar refractivity (Wildman–Crippen MR) is 133 cm³/mol. The second-order valence-electron chi connectivity index (χ2n) is 7.60. The number of hydrogen-bond acceptors (Lipinski definition) is 2. The molecule has 2 aromatic rings. The quantitative estimate of drug-likeness (QED) is 0.294. The molecular weight excluding hydrogens is 475 g/mol. The maximum atomic E-state index is 11.2. The number of hydrogen-bond donors (Lipinski definition) is 3. The van der Waals surface area contributed by atoms with Crippen LogP contribution in [0.15, 0.2) is 53.5 Å². The molecule has 0 saturated heterocycles. The fourth-order valence-electron chi connectivity index (χ4n) is 2.97. The number of anilines is 1. The van der Waals surface area contributed by atoms with Gasteiger partial charge in [-0.2, -0.15) is 0 Å². The van der Waals surface area contributed by atoms with Gasteiger partial charge in [0.1, 0.15) is 0 Å². The minimum atomic E-state index is -0.0724. The van der Waals surface area contributed by atoms with Crippen molar-refractivity contribution in [2.45, 2.75) is 46.1 Å². The first-order valence-electron chi connectivity index (χ1n) is 9.74. The minimum absolute atomic E-state index is 0. The molecular formula is C23H33IN4O. The summed E-state index contributed by atoms with van der Waals surface area (Å²) in [7, 11) is 1.77. The third kappa shape index (κ3) is 8.04. The molecule has 158 valence electrons. The van der Waals surface area contributed by atoms with Crippen molar-refractivity contribution in [2.75, 3.05) is 18.9 Å². The Morgan fingerprint density at radius 2 is 1.72 bits per heavy atom. The van der Waals surface area contributed by atoms with Crippen LogP contribution < -0.4 is 16.0 Å². The Kier molecular flexibility index (Phi) is 10.2. The number of nitrogens with one attached hydrogen (secondary N) is 3. The van der Waals surface area contributed by atoms with Crippen molar-refractivity contribution >= 4 is 41.5 Å². The van der Waals surface area contributed by atoms with Gasteiger partial charge in [-0.1, -0.05) is 57.2 Å². The first-order chi connectivity index (χ1) is 13.3. The zero-order valence-electron chi connectivity index (χ0n) is 18.0. The summed E-state index contributed by atoms with van der Waals surface area (Å²) < 4.78 is 0. The lowest BCUT2D eigenvalue weighted by Crippen LogP contribution is -2.43. The second-order valence-corrected chi connectivity index (χ2v) is 7.60. The van der Waals surface area contributed by atoms with Crippen molar-refractivity contribution in [3.05, 3.63) is 65.2 Å². The molecule has 5 nitrogen and oxygen atoms in total. The molecule has 0 aliphatic rings. The summed E-state index contributed by atoms with van der Waals surface area (Å²) in [4.78, 5) is 15.5. The number of carbonyl (C=O) groups excluding carboxylic acids is 1. The number of benzene rings is 2. The highest BCUT2D eigenvalue weighted by atomic mass is 127. The number of carbonyl (C=O) groups is 1. The van der Waals surface area contributed by atoms with E-state index >= 15 is 0 Å². The lowest BCUT2D eigenvalue weighted by atomic mass is 9.84. The molecule has 0 aliphatic heterocycles.